The summed E-state index contributed by atoms with van der Waals surface area (Å²) in [5, 5.41) is 0. The van der Waals surface area contributed by atoms with E-state index in [2.05, 4.69) is 51.0 Å². The van der Waals surface area contributed by atoms with Crippen molar-refractivity contribution in [2.24, 2.45) is 22.7 Å². The van der Waals surface area contributed by atoms with Gasteiger partial charge in [-0.2, -0.15) is 0 Å². The summed E-state index contributed by atoms with van der Waals surface area (Å²) in [4.78, 5) is 7.33. The quantitative estimate of drug-likeness (QED) is 0.746. The second-order valence-corrected chi connectivity index (χ2v) is 6.77. The van der Waals surface area contributed by atoms with E-state index in [-0.39, 0.29) is 0 Å². The summed E-state index contributed by atoms with van der Waals surface area (Å²) in [6.45, 7) is 12.6. The summed E-state index contributed by atoms with van der Waals surface area (Å²) in [5.41, 5.74) is 2.65. The van der Waals surface area contributed by atoms with Crippen molar-refractivity contribution < 1.29 is 0 Å². The maximum absolute atomic E-state index is 4.76. The minimum Gasteiger partial charge on any atom is -0.298 e. The number of rotatable bonds is 4. The largest absolute Gasteiger partial charge is 0.298 e. The van der Waals surface area contributed by atoms with Gasteiger partial charge in [0, 0.05) is 12.8 Å². The molecule has 1 atom stereocenters. The highest BCUT2D eigenvalue weighted by Gasteiger charge is 2.17. The number of hydrogen-bond acceptors (Lipinski definition) is 2. The standard InChI is InChI=1S/C18H30N2/c1-5-16-10-17(14(2)3)12-19-18(11-16)13-20-8-6-15(4)7-9-20/h10-12,14-16H,5-9,13H2,1-4H3. The Bertz CT molecular complexity index is 396. The van der Waals surface area contributed by atoms with E-state index in [1.807, 2.05) is 0 Å². The van der Waals surface area contributed by atoms with E-state index in [1.165, 1.54) is 43.6 Å². The van der Waals surface area contributed by atoms with Crippen molar-refractivity contribution in [1.29, 1.82) is 0 Å². The number of hydrogen-bond donors (Lipinski definition) is 0. The van der Waals surface area contributed by atoms with Crippen molar-refractivity contribution in [3.05, 3.63) is 23.4 Å². The van der Waals surface area contributed by atoms with Crippen LogP contribution in [-0.2, 0) is 0 Å². The Balaban J connectivity index is 2.01. The number of likely N-dealkylation sites (tertiary alicyclic amines) is 1. The highest BCUT2D eigenvalue weighted by Crippen LogP contribution is 2.22. The van der Waals surface area contributed by atoms with Crippen molar-refractivity contribution in [2.45, 2.75) is 47.0 Å². The van der Waals surface area contributed by atoms with E-state index in [9.17, 15) is 0 Å². The maximum Gasteiger partial charge on any atom is 0.0510 e. The first kappa shape index (κ1) is 15.5. The van der Waals surface area contributed by atoms with Crippen LogP contribution in [0.1, 0.15) is 47.0 Å². The second kappa shape index (κ2) is 7.21. The van der Waals surface area contributed by atoms with Crippen LogP contribution in [0.4, 0.5) is 0 Å². The van der Waals surface area contributed by atoms with Gasteiger partial charge >= 0.3 is 0 Å². The lowest BCUT2D eigenvalue weighted by Gasteiger charge is -2.30. The molecule has 0 aromatic rings. The summed E-state index contributed by atoms with van der Waals surface area (Å²) in [6.07, 6.45) is 10.7. The molecule has 2 aliphatic heterocycles. The number of nitrogens with zero attached hydrogens (tertiary/aromatic N) is 2. The molecule has 0 N–H and O–H groups in total. The number of piperidine rings is 1. The third kappa shape index (κ3) is 4.31. The first-order chi connectivity index (χ1) is 9.58. The number of allylic oxidation sites excluding steroid dienone is 3. The monoisotopic (exact) mass is 274 g/mol. The van der Waals surface area contributed by atoms with Gasteiger partial charge in [-0.05, 0) is 55.7 Å². The van der Waals surface area contributed by atoms with Gasteiger partial charge in [0.2, 0.25) is 0 Å². The van der Waals surface area contributed by atoms with E-state index in [0.29, 0.717) is 11.8 Å². The zero-order valence-electron chi connectivity index (χ0n) is 13.6. The van der Waals surface area contributed by atoms with Crippen LogP contribution in [0.25, 0.3) is 0 Å². The average Bonchev–Trinajstić information content (AvgIpc) is 2.64. The molecule has 2 nitrogen and oxygen atoms in total. The maximum atomic E-state index is 4.76. The minimum absolute atomic E-state index is 0.550. The molecule has 2 rings (SSSR count). The van der Waals surface area contributed by atoms with Crippen molar-refractivity contribution in [3.63, 3.8) is 0 Å². The van der Waals surface area contributed by atoms with Crippen molar-refractivity contribution in [3.8, 4) is 0 Å². The second-order valence-electron chi connectivity index (χ2n) is 6.77. The molecular weight excluding hydrogens is 244 g/mol. The van der Waals surface area contributed by atoms with Crippen molar-refractivity contribution >= 4 is 6.21 Å². The van der Waals surface area contributed by atoms with E-state index >= 15 is 0 Å². The molecule has 0 saturated carbocycles. The van der Waals surface area contributed by atoms with Crippen LogP contribution in [0, 0.1) is 17.8 Å². The predicted molar refractivity (Wildman–Crippen MR) is 88.1 cm³/mol. The number of aliphatic imine (C=N–C) groups is 1. The van der Waals surface area contributed by atoms with Crippen LogP contribution in [-0.4, -0.2) is 30.7 Å². The Morgan fingerprint density at radius 3 is 2.55 bits per heavy atom. The van der Waals surface area contributed by atoms with Gasteiger partial charge in [-0.3, -0.25) is 9.89 Å². The molecule has 0 aromatic carbocycles. The van der Waals surface area contributed by atoms with Gasteiger partial charge in [-0.1, -0.05) is 39.8 Å². The first-order valence-electron chi connectivity index (χ1n) is 8.27. The van der Waals surface area contributed by atoms with Gasteiger partial charge in [-0.15, -0.1) is 0 Å². The third-order valence-electron chi connectivity index (χ3n) is 4.59. The Morgan fingerprint density at radius 1 is 1.25 bits per heavy atom. The van der Waals surface area contributed by atoms with Gasteiger partial charge < -0.3 is 0 Å². The van der Waals surface area contributed by atoms with Gasteiger partial charge in [0.1, 0.15) is 0 Å². The zero-order valence-corrected chi connectivity index (χ0v) is 13.6. The predicted octanol–water partition coefficient (Wildman–Crippen LogP) is 4.30. The fourth-order valence-corrected chi connectivity index (χ4v) is 2.91. The van der Waals surface area contributed by atoms with Crippen LogP contribution in [0.2, 0.25) is 0 Å². The molecule has 0 radical (unpaired) electrons. The molecule has 1 fully saturated rings. The van der Waals surface area contributed by atoms with Crippen molar-refractivity contribution in [2.75, 3.05) is 19.6 Å². The molecule has 1 unspecified atom stereocenters. The van der Waals surface area contributed by atoms with Gasteiger partial charge in [0.15, 0.2) is 0 Å². The lowest BCUT2D eigenvalue weighted by Crippen LogP contribution is -2.34. The third-order valence-corrected chi connectivity index (χ3v) is 4.59. The molecule has 0 aromatic heterocycles. The van der Waals surface area contributed by atoms with Gasteiger partial charge in [-0.25, -0.2) is 0 Å². The zero-order chi connectivity index (χ0) is 14.5. The molecule has 2 heteroatoms. The fourth-order valence-electron chi connectivity index (χ4n) is 2.91. The van der Waals surface area contributed by atoms with Crippen LogP contribution in [0.5, 0.6) is 0 Å². The highest BCUT2D eigenvalue weighted by atomic mass is 15.1. The Morgan fingerprint density at radius 2 is 1.95 bits per heavy atom. The summed E-state index contributed by atoms with van der Waals surface area (Å²) in [5.74, 6) is 2.01. The summed E-state index contributed by atoms with van der Waals surface area (Å²) in [7, 11) is 0. The molecule has 1 saturated heterocycles. The fraction of sp³-hybridized carbons (Fsp3) is 0.722. The van der Waals surface area contributed by atoms with Crippen LogP contribution in [0.15, 0.2) is 28.4 Å². The molecule has 0 aliphatic carbocycles. The lowest BCUT2D eigenvalue weighted by molar-refractivity contribution is 0.206. The summed E-state index contributed by atoms with van der Waals surface area (Å²) in [6, 6.07) is 0. The molecule has 2 aliphatic rings. The summed E-state index contributed by atoms with van der Waals surface area (Å²) >= 11 is 0. The first-order valence-corrected chi connectivity index (χ1v) is 8.27. The highest BCUT2D eigenvalue weighted by molar-refractivity contribution is 5.80. The molecule has 2 heterocycles. The smallest absolute Gasteiger partial charge is 0.0510 e. The molecule has 20 heavy (non-hydrogen) atoms. The Kier molecular flexibility index (Phi) is 5.59. The topological polar surface area (TPSA) is 15.6 Å². The Hall–Kier alpha value is -0.890. The van der Waals surface area contributed by atoms with E-state index in [4.69, 9.17) is 4.99 Å². The van der Waals surface area contributed by atoms with Crippen LogP contribution in [0.3, 0.4) is 0 Å². The lowest BCUT2D eigenvalue weighted by atomic mass is 9.96. The molecule has 0 bridgehead atoms. The van der Waals surface area contributed by atoms with E-state index in [1.54, 1.807) is 0 Å². The molecule has 0 spiro atoms. The summed E-state index contributed by atoms with van der Waals surface area (Å²) < 4.78 is 0. The van der Waals surface area contributed by atoms with Crippen LogP contribution < -0.4 is 0 Å². The normalized spacial score (nSPS) is 25.6. The SMILES string of the molecule is CCC1C=C(CN2CCC(C)CC2)N=CC(C(C)C)=C1. The van der Waals surface area contributed by atoms with Crippen LogP contribution >= 0.6 is 0 Å². The minimum atomic E-state index is 0.550. The molecule has 0 amide bonds. The Labute approximate surface area is 124 Å². The van der Waals surface area contributed by atoms with Gasteiger partial charge in [0.25, 0.3) is 0 Å². The molecule has 112 valence electrons. The van der Waals surface area contributed by atoms with Crippen molar-refractivity contribution in [1.82, 2.24) is 4.90 Å². The average molecular weight is 274 g/mol. The van der Waals surface area contributed by atoms with E-state index in [0.717, 1.165) is 12.5 Å². The molecular formula is C18H30N2. The van der Waals surface area contributed by atoms with E-state index < -0.39 is 0 Å². The van der Waals surface area contributed by atoms with Gasteiger partial charge in [0.05, 0.1) is 5.70 Å².